The van der Waals surface area contributed by atoms with Crippen molar-refractivity contribution < 1.29 is 9.53 Å². The third kappa shape index (κ3) is 3.51. The van der Waals surface area contributed by atoms with Gasteiger partial charge in [-0.1, -0.05) is 19.8 Å². The molecular weight excluding hydrogens is 252 g/mol. The van der Waals surface area contributed by atoms with Gasteiger partial charge in [0.1, 0.15) is 0 Å². The first-order valence-electron chi connectivity index (χ1n) is 7.42. The number of benzene rings is 1. The number of nitrogens with zero attached hydrogens (tertiary/aromatic N) is 1. The number of esters is 1. The number of carbonyl (C=O) groups excluding carboxylic acids is 1. The van der Waals surface area contributed by atoms with E-state index in [0.29, 0.717) is 11.6 Å². The van der Waals surface area contributed by atoms with E-state index in [1.165, 1.54) is 32.1 Å². The van der Waals surface area contributed by atoms with E-state index in [-0.39, 0.29) is 5.97 Å². The molecule has 1 unspecified atom stereocenters. The lowest BCUT2D eigenvalue weighted by atomic mass is 10.0. The minimum Gasteiger partial charge on any atom is -0.465 e. The normalized spacial score (nSPS) is 18.9. The van der Waals surface area contributed by atoms with Crippen LogP contribution in [0.1, 0.15) is 36.5 Å². The Labute approximate surface area is 121 Å². The van der Waals surface area contributed by atoms with Crippen molar-refractivity contribution in [3.63, 3.8) is 0 Å². The monoisotopic (exact) mass is 276 g/mol. The standard InChI is InChI=1S/C16H24N2O2/c1-3-4-5-15-12-17-10-11-18(15)14-8-6-13(7-9-14)16(19)20-2/h6-9,15,17H,3-5,10-12H2,1-2H3. The Morgan fingerprint density at radius 1 is 1.40 bits per heavy atom. The summed E-state index contributed by atoms with van der Waals surface area (Å²) >= 11 is 0. The Kier molecular flexibility index (Phi) is 5.41. The average Bonchev–Trinajstić information content (AvgIpc) is 2.52. The smallest absolute Gasteiger partial charge is 0.337 e. The lowest BCUT2D eigenvalue weighted by molar-refractivity contribution is 0.0601. The molecule has 1 aliphatic rings. The highest BCUT2D eigenvalue weighted by molar-refractivity contribution is 5.89. The van der Waals surface area contributed by atoms with E-state index >= 15 is 0 Å². The Hall–Kier alpha value is -1.55. The zero-order valence-corrected chi connectivity index (χ0v) is 12.4. The number of methoxy groups -OCH3 is 1. The van der Waals surface area contributed by atoms with Gasteiger partial charge < -0.3 is 15.0 Å². The molecule has 0 aliphatic carbocycles. The van der Waals surface area contributed by atoms with E-state index < -0.39 is 0 Å². The van der Waals surface area contributed by atoms with Crippen LogP contribution in [-0.4, -0.2) is 38.8 Å². The van der Waals surface area contributed by atoms with Gasteiger partial charge in [0.2, 0.25) is 0 Å². The van der Waals surface area contributed by atoms with Crippen LogP contribution in [0.5, 0.6) is 0 Å². The van der Waals surface area contributed by atoms with Crippen LogP contribution in [0.15, 0.2) is 24.3 Å². The second-order valence-electron chi connectivity index (χ2n) is 5.23. The summed E-state index contributed by atoms with van der Waals surface area (Å²) in [5.41, 5.74) is 1.80. The summed E-state index contributed by atoms with van der Waals surface area (Å²) in [5, 5.41) is 3.47. The van der Waals surface area contributed by atoms with Gasteiger partial charge in [-0.3, -0.25) is 0 Å². The van der Waals surface area contributed by atoms with Crippen LogP contribution in [0.4, 0.5) is 5.69 Å². The molecule has 20 heavy (non-hydrogen) atoms. The topological polar surface area (TPSA) is 41.6 Å². The molecule has 0 spiro atoms. The Morgan fingerprint density at radius 3 is 2.80 bits per heavy atom. The number of hydrogen-bond acceptors (Lipinski definition) is 4. The van der Waals surface area contributed by atoms with Crippen LogP contribution in [0.2, 0.25) is 0 Å². The summed E-state index contributed by atoms with van der Waals surface area (Å²) in [6, 6.07) is 8.29. The Morgan fingerprint density at radius 2 is 2.15 bits per heavy atom. The van der Waals surface area contributed by atoms with Gasteiger partial charge >= 0.3 is 5.97 Å². The molecule has 1 atom stereocenters. The van der Waals surface area contributed by atoms with Crippen molar-refractivity contribution in [3.8, 4) is 0 Å². The van der Waals surface area contributed by atoms with Gasteiger partial charge in [-0.15, -0.1) is 0 Å². The molecule has 1 saturated heterocycles. The van der Waals surface area contributed by atoms with Crippen molar-refractivity contribution >= 4 is 11.7 Å². The molecule has 4 heteroatoms. The second-order valence-corrected chi connectivity index (χ2v) is 5.23. The van der Waals surface area contributed by atoms with E-state index in [4.69, 9.17) is 4.74 Å². The molecule has 0 radical (unpaired) electrons. The van der Waals surface area contributed by atoms with Crippen LogP contribution in [0, 0.1) is 0 Å². The van der Waals surface area contributed by atoms with Gasteiger partial charge in [0.15, 0.2) is 0 Å². The Bertz CT molecular complexity index is 431. The van der Waals surface area contributed by atoms with Crippen LogP contribution in [0.3, 0.4) is 0 Å². The van der Waals surface area contributed by atoms with E-state index in [2.05, 4.69) is 17.1 Å². The van der Waals surface area contributed by atoms with Crippen LogP contribution in [-0.2, 0) is 4.74 Å². The zero-order chi connectivity index (χ0) is 14.4. The van der Waals surface area contributed by atoms with Crippen molar-refractivity contribution in [2.24, 2.45) is 0 Å². The third-order valence-corrected chi connectivity index (χ3v) is 3.86. The van der Waals surface area contributed by atoms with Gasteiger partial charge in [0.25, 0.3) is 0 Å². The van der Waals surface area contributed by atoms with E-state index in [9.17, 15) is 4.79 Å². The second kappa shape index (κ2) is 7.29. The highest BCUT2D eigenvalue weighted by Crippen LogP contribution is 2.22. The van der Waals surface area contributed by atoms with E-state index in [0.717, 1.165) is 19.6 Å². The zero-order valence-electron chi connectivity index (χ0n) is 12.4. The molecule has 0 saturated carbocycles. The molecule has 0 bridgehead atoms. The number of carbonyl (C=O) groups is 1. The maximum Gasteiger partial charge on any atom is 0.337 e. The molecular formula is C16H24N2O2. The van der Waals surface area contributed by atoms with Crippen molar-refractivity contribution in [3.05, 3.63) is 29.8 Å². The molecule has 1 fully saturated rings. The minimum atomic E-state index is -0.278. The molecule has 4 nitrogen and oxygen atoms in total. The first-order chi connectivity index (χ1) is 9.76. The van der Waals surface area contributed by atoms with Crippen LogP contribution in [0.25, 0.3) is 0 Å². The minimum absolute atomic E-state index is 0.278. The molecule has 1 aliphatic heterocycles. The fourth-order valence-corrected chi connectivity index (χ4v) is 2.71. The molecule has 2 rings (SSSR count). The first kappa shape index (κ1) is 14.9. The summed E-state index contributed by atoms with van der Waals surface area (Å²) in [6.07, 6.45) is 3.69. The summed E-state index contributed by atoms with van der Waals surface area (Å²) in [6.45, 7) is 5.30. The number of ether oxygens (including phenoxy) is 1. The number of nitrogens with one attached hydrogen (secondary N) is 1. The van der Waals surface area contributed by atoms with Gasteiger partial charge in [-0.2, -0.15) is 0 Å². The lowest BCUT2D eigenvalue weighted by Gasteiger charge is -2.38. The maximum absolute atomic E-state index is 11.5. The number of piperazine rings is 1. The summed E-state index contributed by atoms with van der Waals surface area (Å²) < 4.78 is 4.73. The molecule has 1 aromatic rings. The molecule has 0 aromatic heterocycles. The molecule has 1 aromatic carbocycles. The number of rotatable bonds is 5. The number of hydrogen-bond donors (Lipinski definition) is 1. The van der Waals surface area contributed by atoms with Crippen molar-refractivity contribution in [1.82, 2.24) is 5.32 Å². The summed E-state index contributed by atoms with van der Waals surface area (Å²) in [7, 11) is 1.41. The lowest BCUT2D eigenvalue weighted by Crippen LogP contribution is -2.51. The largest absolute Gasteiger partial charge is 0.465 e. The summed E-state index contributed by atoms with van der Waals surface area (Å²) in [5.74, 6) is -0.278. The van der Waals surface area contributed by atoms with E-state index in [1.807, 2.05) is 24.3 Å². The predicted molar refractivity (Wildman–Crippen MR) is 81.3 cm³/mol. The first-order valence-corrected chi connectivity index (χ1v) is 7.42. The fraction of sp³-hybridized carbons (Fsp3) is 0.562. The highest BCUT2D eigenvalue weighted by Gasteiger charge is 2.22. The Balaban J connectivity index is 2.09. The maximum atomic E-state index is 11.5. The average molecular weight is 276 g/mol. The van der Waals surface area contributed by atoms with Crippen LogP contribution < -0.4 is 10.2 Å². The van der Waals surface area contributed by atoms with Crippen LogP contribution >= 0.6 is 0 Å². The predicted octanol–water partition coefficient (Wildman–Crippen LogP) is 2.44. The highest BCUT2D eigenvalue weighted by atomic mass is 16.5. The van der Waals surface area contributed by atoms with Crippen molar-refractivity contribution in [2.45, 2.75) is 32.2 Å². The van der Waals surface area contributed by atoms with Gasteiger partial charge in [-0.25, -0.2) is 4.79 Å². The fourth-order valence-electron chi connectivity index (χ4n) is 2.71. The van der Waals surface area contributed by atoms with Crippen molar-refractivity contribution in [1.29, 1.82) is 0 Å². The molecule has 1 N–H and O–H groups in total. The van der Waals surface area contributed by atoms with Crippen molar-refractivity contribution in [2.75, 3.05) is 31.6 Å². The number of anilines is 1. The SMILES string of the molecule is CCCCC1CNCCN1c1ccc(C(=O)OC)cc1. The molecule has 0 amide bonds. The van der Waals surface area contributed by atoms with Gasteiger partial charge in [0, 0.05) is 31.4 Å². The van der Waals surface area contributed by atoms with E-state index in [1.54, 1.807) is 0 Å². The van der Waals surface area contributed by atoms with Gasteiger partial charge in [0.05, 0.1) is 12.7 Å². The number of unbranched alkanes of at least 4 members (excludes halogenated alkanes) is 1. The third-order valence-electron chi connectivity index (χ3n) is 3.86. The van der Waals surface area contributed by atoms with Gasteiger partial charge in [-0.05, 0) is 30.7 Å². The molecule has 1 heterocycles. The summed E-state index contributed by atoms with van der Waals surface area (Å²) in [4.78, 5) is 13.9. The molecule has 110 valence electrons. The quantitative estimate of drug-likeness (QED) is 0.839.